The Labute approximate surface area is 194 Å². The minimum absolute atomic E-state index is 0.0539. The number of benzene rings is 1. The van der Waals surface area contributed by atoms with Crippen molar-refractivity contribution in [1.29, 1.82) is 0 Å². The van der Waals surface area contributed by atoms with E-state index >= 15 is 0 Å². The van der Waals surface area contributed by atoms with E-state index in [9.17, 15) is 14.7 Å². The van der Waals surface area contributed by atoms with Gasteiger partial charge in [-0.15, -0.1) is 0 Å². The van der Waals surface area contributed by atoms with Crippen LogP contribution in [0.1, 0.15) is 35.6 Å². The largest absolute Gasteiger partial charge is 0.460 e. The maximum Gasteiger partial charge on any atom is 0.319 e. The lowest BCUT2D eigenvalue weighted by Crippen LogP contribution is -2.47. The van der Waals surface area contributed by atoms with Crippen LogP contribution in [-0.2, 0) is 34.5 Å². The van der Waals surface area contributed by atoms with E-state index in [-0.39, 0.29) is 12.2 Å². The number of aromatic nitrogens is 2. The number of aryl methyl sites for hydroxylation is 1. The van der Waals surface area contributed by atoms with Crippen LogP contribution in [0, 0.1) is 0 Å². The molecule has 33 heavy (non-hydrogen) atoms. The number of carbonyl (C=O) groups is 1. The average molecular weight is 463 g/mol. The molecule has 1 aromatic carbocycles. The lowest BCUT2D eigenvalue weighted by atomic mass is 9.75. The lowest BCUT2D eigenvalue weighted by Gasteiger charge is -2.34. The molecule has 2 aliphatic heterocycles. The van der Waals surface area contributed by atoms with Crippen molar-refractivity contribution in [2.75, 3.05) is 6.61 Å². The Balaban J connectivity index is 1.70. The van der Waals surface area contributed by atoms with Gasteiger partial charge in [-0.25, -0.2) is 4.98 Å². The van der Waals surface area contributed by atoms with Gasteiger partial charge in [0.15, 0.2) is 0 Å². The molecule has 0 radical (unpaired) electrons. The number of carbonyl (C=O) groups excluding carboxylic acids is 1. The quantitative estimate of drug-likeness (QED) is 0.358. The molecule has 2 aromatic heterocycles. The molecule has 1 atom stereocenters. The first kappa shape index (κ1) is 22.0. The van der Waals surface area contributed by atoms with Crippen molar-refractivity contribution in [3.05, 3.63) is 62.9 Å². The molecule has 6 nitrogen and oxygen atoms in total. The van der Waals surface area contributed by atoms with Crippen LogP contribution in [0.25, 0.3) is 22.3 Å². The molecular formula is C26H30N2O4Si. The Morgan fingerprint density at radius 2 is 2.00 bits per heavy atom. The van der Waals surface area contributed by atoms with Crippen LogP contribution < -0.4 is 5.56 Å². The second kappa shape index (κ2) is 7.63. The van der Waals surface area contributed by atoms with Crippen molar-refractivity contribution in [2.24, 2.45) is 0 Å². The summed E-state index contributed by atoms with van der Waals surface area (Å²) in [6.45, 7) is 8.97. The fraction of sp³-hybridized carbons (Fsp3) is 0.423. The number of hydrogen-bond donors (Lipinski definition) is 1. The summed E-state index contributed by atoms with van der Waals surface area (Å²) >= 11 is 0. The Morgan fingerprint density at radius 3 is 2.70 bits per heavy atom. The highest BCUT2D eigenvalue weighted by atomic mass is 28.3. The zero-order chi connectivity index (χ0) is 23.5. The third-order valence-electron chi connectivity index (χ3n) is 7.25. The molecule has 1 unspecified atom stereocenters. The van der Waals surface area contributed by atoms with Crippen LogP contribution in [0.15, 0.2) is 35.1 Å². The molecule has 0 aliphatic carbocycles. The smallest absolute Gasteiger partial charge is 0.319 e. The molecule has 4 heterocycles. The number of esters is 1. The number of ether oxygens (including phenoxy) is 1. The lowest BCUT2D eigenvalue weighted by molar-refractivity contribution is -0.156. The molecule has 5 rings (SSSR count). The van der Waals surface area contributed by atoms with Gasteiger partial charge in [-0.1, -0.05) is 50.8 Å². The number of cyclic esters (lactones) is 1. The minimum atomic E-state index is -1.20. The van der Waals surface area contributed by atoms with E-state index in [1.54, 1.807) is 4.57 Å². The number of para-hydroxylation sites is 1. The number of nitrogens with zero attached hydrogens (tertiary/aromatic N) is 2. The van der Waals surface area contributed by atoms with Gasteiger partial charge in [0.1, 0.15) is 12.0 Å². The summed E-state index contributed by atoms with van der Waals surface area (Å²) in [5.41, 5.74) is 4.41. The van der Waals surface area contributed by atoms with Gasteiger partial charge in [-0.3, -0.25) is 9.59 Å². The van der Waals surface area contributed by atoms with Crippen molar-refractivity contribution in [3.8, 4) is 11.4 Å². The van der Waals surface area contributed by atoms with Gasteiger partial charge in [0.05, 0.1) is 35.6 Å². The molecule has 0 saturated carbocycles. The molecule has 7 heteroatoms. The number of aliphatic hydroxyl groups excluding tert-OH is 1. The van der Waals surface area contributed by atoms with Gasteiger partial charge in [-0.05, 0) is 36.1 Å². The third kappa shape index (κ3) is 3.37. The predicted molar refractivity (Wildman–Crippen MR) is 131 cm³/mol. The number of fused-ring (bicyclic) bond motifs is 5. The normalized spacial score (nSPS) is 19.2. The second-order valence-corrected chi connectivity index (χ2v) is 16.1. The van der Waals surface area contributed by atoms with Crippen molar-refractivity contribution >= 4 is 24.9 Å². The number of hydrogen-bond acceptors (Lipinski definition) is 5. The van der Waals surface area contributed by atoms with Crippen LogP contribution in [-0.4, -0.2) is 35.3 Å². The van der Waals surface area contributed by atoms with Gasteiger partial charge < -0.3 is 14.4 Å². The van der Waals surface area contributed by atoms with E-state index in [0.29, 0.717) is 24.1 Å². The molecule has 0 saturated heterocycles. The summed E-state index contributed by atoms with van der Waals surface area (Å²) in [6.07, 6.45) is 1.35. The SMILES string of the molecule is CCC1(CO)C(=O)OCc2c1cc1n(c2=O)Cc2cc3cccc(CC[Si](C)(C)C)c3nc2-1. The highest BCUT2D eigenvalue weighted by Crippen LogP contribution is 2.40. The zero-order valence-electron chi connectivity index (χ0n) is 19.7. The first-order valence-corrected chi connectivity index (χ1v) is 15.4. The van der Waals surface area contributed by atoms with Gasteiger partial charge >= 0.3 is 5.97 Å². The molecular weight excluding hydrogens is 432 g/mol. The Hall–Kier alpha value is -2.77. The van der Waals surface area contributed by atoms with Crippen molar-refractivity contribution < 1.29 is 14.6 Å². The molecule has 1 N–H and O–H groups in total. The first-order valence-electron chi connectivity index (χ1n) is 11.7. The molecule has 0 amide bonds. The summed E-state index contributed by atoms with van der Waals surface area (Å²) in [7, 11) is -1.20. The first-order chi connectivity index (χ1) is 15.7. The monoisotopic (exact) mass is 462 g/mol. The van der Waals surface area contributed by atoms with Crippen LogP contribution >= 0.6 is 0 Å². The Morgan fingerprint density at radius 1 is 1.21 bits per heavy atom. The fourth-order valence-electron chi connectivity index (χ4n) is 5.12. The molecule has 3 aromatic rings. The maximum absolute atomic E-state index is 13.4. The minimum Gasteiger partial charge on any atom is -0.460 e. The average Bonchev–Trinajstić information content (AvgIpc) is 3.14. The standard InChI is InChI=1S/C26H30N2O4Si/c1-5-26(15-29)20-12-21-23-18(13-28(21)24(30)19(20)14-32-25(26)31)11-17-8-6-7-16(22(17)27-23)9-10-33(2,3)4/h6-8,11-12,29H,5,9-10,13-15H2,1-4H3. The van der Waals surface area contributed by atoms with E-state index in [1.807, 2.05) is 13.0 Å². The van der Waals surface area contributed by atoms with Crippen LogP contribution in [0.2, 0.25) is 25.7 Å². The fourth-order valence-corrected chi connectivity index (χ4v) is 6.14. The highest BCUT2D eigenvalue weighted by Gasteiger charge is 2.46. The molecule has 0 spiro atoms. The van der Waals surface area contributed by atoms with Gasteiger partial charge in [0.25, 0.3) is 5.56 Å². The summed E-state index contributed by atoms with van der Waals surface area (Å²) in [6, 6.07) is 11.5. The van der Waals surface area contributed by atoms with E-state index < -0.39 is 26.1 Å². The van der Waals surface area contributed by atoms with E-state index in [4.69, 9.17) is 9.72 Å². The topological polar surface area (TPSA) is 81.4 Å². The predicted octanol–water partition coefficient (Wildman–Crippen LogP) is 4.00. The van der Waals surface area contributed by atoms with Crippen molar-refractivity contribution in [1.82, 2.24) is 9.55 Å². The number of pyridine rings is 2. The molecule has 0 fully saturated rings. The summed E-state index contributed by atoms with van der Waals surface area (Å²) in [5.74, 6) is -0.470. The van der Waals surface area contributed by atoms with Crippen LogP contribution in [0.4, 0.5) is 0 Å². The van der Waals surface area contributed by atoms with Gasteiger partial charge in [0, 0.05) is 19.0 Å². The van der Waals surface area contributed by atoms with E-state index in [0.717, 1.165) is 34.3 Å². The Bertz CT molecular complexity index is 1350. The number of rotatable bonds is 5. The van der Waals surface area contributed by atoms with Crippen LogP contribution in [0.3, 0.4) is 0 Å². The van der Waals surface area contributed by atoms with Crippen LogP contribution in [0.5, 0.6) is 0 Å². The second-order valence-electron chi connectivity index (χ2n) is 10.5. The maximum atomic E-state index is 13.4. The summed E-state index contributed by atoms with van der Waals surface area (Å²) < 4.78 is 7.06. The number of aliphatic hydroxyl groups is 1. The van der Waals surface area contributed by atoms with Gasteiger partial charge in [0.2, 0.25) is 0 Å². The molecule has 172 valence electrons. The van der Waals surface area contributed by atoms with E-state index in [2.05, 4.69) is 43.9 Å². The van der Waals surface area contributed by atoms with Gasteiger partial charge in [-0.2, -0.15) is 0 Å². The zero-order valence-corrected chi connectivity index (χ0v) is 20.7. The van der Waals surface area contributed by atoms with Crippen molar-refractivity contribution in [3.63, 3.8) is 0 Å². The third-order valence-corrected chi connectivity index (χ3v) is 9.00. The van der Waals surface area contributed by atoms with E-state index in [1.165, 1.54) is 11.6 Å². The van der Waals surface area contributed by atoms with Crippen molar-refractivity contribution in [2.45, 2.75) is 64.0 Å². The summed E-state index contributed by atoms with van der Waals surface area (Å²) in [4.78, 5) is 31.2. The molecule has 2 aliphatic rings. The molecule has 0 bridgehead atoms. The highest BCUT2D eigenvalue weighted by molar-refractivity contribution is 6.76. The summed E-state index contributed by atoms with van der Waals surface area (Å²) in [5, 5.41) is 11.3. The Kier molecular flexibility index (Phi) is 5.10.